The molecule has 0 bridgehead atoms. The van der Waals surface area contributed by atoms with E-state index in [0.29, 0.717) is 12.3 Å². The lowest BCUT2D eigenvalue weighted by atomic mass is 9.96. The number of carbonyl (C=O) groups is 2. The molecule has 2 unspecified atom stereocenters. The summed E-state index contributed by atoms with van der Waals surface area (Å²) in [5.41, 5.74) is 2.87. The normalized spacial score (nSPS) is 19.9. The van der Waals surface area contributed by atoms with E-state index in [0.717, 1.165) is 44.7 Å². The first-order valence-electron chi connectivity index (χ1n) is 15.2. The predicted octanol–water partition coefficient (Wildman–Crippen LogP) is 5.35. The van der Waals surface area contributed by atoms with E-state index in [1.807, 2.05) is 32.9 Å². The van der Waals surface area contributed by atoms with E-state index in [-0.39, 0.29) is 17.3 Å². The molecule has 0 saturated carbocycles. The average Bonchev–Trinajstić information content (AvgIpc) is 3.47. The molecule has 0 radical (unpaired) electrons. The SMILES string of the molecule is CC(C)(C)OC(=O)N1C(C(=O)NCCCN2CCN(C(c3ccccc3)c3ccccc3)CC2)CSC1c1cccnc1. The number of ether oxygens (including phenoxy) is 1. The summed E-state index contributed by atoms with van der Waals surface area (Å²) in [6.07, 6.45) is 3.83. The number of rotatable bonds is 9. The second kappa shape index (κ2) is 14.4. The molecule has 5 rings (SSSR count). The van der Waals surface area contributed by atoms with Crippen LogP contribution in [0.2, 0.25) is 0 Å². The second-order valence-electron chi connectivity index (χ2n) is 12.1. The molecule has 2 aromatic carbocycles. The van der Waals surface area contributed by atoms with Gasteiger partial charge in [-0.3, -0.25) is 19.6 Å². The van der Waals surface area contributed by atoms with Gasteiger partial charge in [-0.05, 0) is 50.9 Å². The number of thioether (sulfide) groups is 1. The van der Waals surface area contributed by atoms with Crippen LogP contribution in [-0.2, 0) is 9.53 Å². The molecule has 2 saturated heterocycles. The summed E-state index contributed by atoms with van der Waals surface area (Å²) in [4.78, 5) is 37.4. The predicted molar refractivity (Wildman–Crippen MR) is 172 cm³/mol. The molecule has 2 aliphatic rings. The van der Waals surface area contributed by atoms with Gasteiger partial charge in [0.05, 0.1) is 6.04 Å². The topological polar surface area (TPSA) is 78.0 Å². The highest BCUT2D eigenvalue weighted by molar-refractivity contribution is 7.99. The van der Waals surface area contributed by atoms with E-state index in [1.54, 1.807) is 29.1 Å². The lowest BCUT2D eigenvalue weighted by Crippen LogP contribution is -2.50. The Morgan fingerprint density at radius 2 is 1.60 bits per heavy atom. The fourth-order valence-corrected chi connectivity index (χ4v) is 7.19. The standard InChI is InChI=1S/C34H43N5O3S/c1-34(2,3)42-33(41)39-29(25-43-32(39)28-16-10-17-35-24-28)31(40)36-18-11-19-37-20-22-38(23-21-37)30(26-12-6-4-7-13-26)27-14-8-5-9-15-27/h4-10,12-17,24,29-30,32H,11,18-23,25H2,1-3H3,(H,36,40). The van der Waals surface area contributed by atoms with E-state index >= 15 is 0 Å². The molecular weight excluding hydrogens is 558 g/mol. The lowest BCUT2D eigenvalue weighted by Gasteiger charge is -2.40. The van der Waals surface area contributed by atoms with Gasteiger partial charge in [0, 0.05) is 56.4 Å². The first-order chi connectivity index (χ1) is 20.8. The van der Waals surface area contributed by atoms with Gasteiger partial charge in [0.2, 0.25) is 5.91 Å². The van der Waals surface area contributed by atoms with E-state index in [2.05, 4.69) is 80.8 Å². The lowest BCUT2D eigenvalue weighted by molar-refractivity contribution is -0.125. The molecule has 1 N–H and O–H groups in total. The van der Waals surface area contributed by atoms with Crippen molar-refractivity contribution in [1.82, 2.24) is 25.0 Å². The van der Waals surface area contributed by atoms with E-state index in [1.165, 1.54) is 11.1 Å². The number of hydrogen-bond donors (Lipinski definition) is 1. The van der Waals surface area contributed by atoms with Crippen molar-refractivity contribution in [2.75, 3.05) is 45.0 Å². The number of nitrogens with one attached hydrogen (secondary N) is 1. The highest BCUT2D eigenvalue weighted by atomic mass is 32.2. The third kappa shape index (κ3) is 8.16. The largest absolute Gasteiger partial charge is 0.444 e. The Morgan fingerprint density at radius 3 is 2.19 bits per heavy atom. The molecule has 43 heavy (non-hydrogen) atoms. The van der Waals surface area contributed by atoms with E-state index in [4.69, 9.17) is 4.74 Å². The number of amides is 2. The van der Waals surface area contributed by atoms with Gasteiger partial charge in [-0.2, -0.15) is 0 Å². The fraction of sp³-hybridized carbons (Fsp3) is 0.441. The number of aromatic nitrogens is 1. The minimum Gasteiger partial charge on any atom is -0.444 e. The molecule has 9 heteroatoms. The summed E-state index contributed by atoms with van der Waals surface area (Å²) in [7, 11) is 0. The molecule has 2 amide bonds. The zero-order valence-corrected chi connectivity index (χ0v) is 26.2. The quantitative estimate of drug-likeness (QED) is 0.332. The van der Waals surface area contributed by atoms with Crippen molar-refractivity contribution < 1.29 is 14.3 Å². The highest BCUT2D eigenvalue weighted by Gasteiger charge is 2.44. The van der Waals surface area contributed by atoms with Gasteiger partial charge in [0.15, 0.2) is 0 Å². The van der Waals surface area contributed by atoms with Crippen LogP contribution in [0.5, 0.6) is 0 Å². The van der Waals surface area contributed by atoms with Gasteiger partial charge < -0.3 is 15.0 Å². The molecule has 8 nitrogen and oxygen atoms in total. The van der Waals surface area contributed by atoms with Crippen molar-refractivity contribution in [2.24, 2.45) is 0 Å². The van der Waals surface area contributed by atoms with Crippen molar-refractivity contribution in [3.63, 3.8) is 0 Å². The van der Waals surface area contributed by atoms with Crippen LogP contribution in [0.4, 0.5) is 4.79 Å². The van der Waals surface area contributed by atoms with Crippen LogP contribution >= 0.6 is 11.8 Å². The molecule has 0 spiro atoms. The number of pyridine rings is 1. The number of hydrogen-bond acceptors (Lipinski definition) is 7. The minimum atomic E-state index is -0.656. The van der Waals surface area contributed by atoms with Crippen LogP contribution in [0.25, 0.3) is 0 Å². The third-order valence-electron chi connectivity index (χ3n) is 7.83. The monoisotopic (exact) mass is 601 g/mol. The van der Waals surface area contributed by atoms with Crippen LogP contribution < -0.4 is 5.32 Å². The summed E-state index contributed by atoms with van der Waals surface area (Å²) >= 11 is 1.57. The Hall–Kier alpha value is -3.40. The van der Waals surface area contributed by atoms with Crippen LogP contribution in [0.3, 0.4) is 0 Å². The van der Waals surface area contributed by atoms with Crippen LogP contribution in [0.1, 0.15) is 55.3 Å². The Kier molecular flexibility index (Phi) is 10.4. The van der Waals surface area contributed by atoms with Gasteiger partial charge in [-0.15, -0.1) is 11.8 Å². The molecule has 228 valence electrons. The maximum Gasteiger partial charge on any atom is 0.412 e. The van der Waals surface area contributed by atoms with Crippen molar-refractivity contribution in [3.05, 3.63) is 102 Å². The molecule has 2 aliphatic heterocycles. The van der Waals surface area contributed by atoms with Crippen molar-refractivity contribution >= 4 is 23.8 Å². The first-order valence-corrected chi connectivity index (χ1v) is 16.2. The Morgan fingerprint density at radius 1 is 0.953 bits per heavy atom. The van der Waals surface area contributed by atoms with E-state index < -0.39 is 17.7 Å². The van der Waals surface area contributed by atoms with E-state index in [9.17, 15) is 9.59 Å². The maximum atomic E-state index is 13.3. The summed E-state index contributed by atoms with van der Waals surface area (Å²) < 4.78 is 5.70. The zero-order chi connectivity index (χ0) is 30.2. The molecule has 2 fully saturated rings. The first kappa shape index (κ1) is 31.0. The molecule has 0 aliphatic carbocycles. The number of nitrogens with zero attached hydrogens (tertiary/aromatic N) is 4. The third-order valence-corrected chi connectivity index (χ3v) is 9.15. The summed E-state index contributed by atoms with van der Waals surface area (Å²) in [6.45, 7) is 11.0. The smallest absolute Gasteiger partial charge is 0.412 e. The van der Waals surface area contributed by atoms with Crippen molar-refractivity contribution in [2.45, 2.75) is 50.3 Å². The minimum absolute atomic E-state index is 0.136. The zero-order valence-electron chi connectivity index (χ0n) is 25.4. The highest BCUT2D eigenvalue weighted by Crippen LogP contribution is 2.42. The summed E-state index contributed by atoms with van der Waals surface area (Å²) in [5, 5.41) is 2.79. The Balaban J connectivity index is 1.12. The van der Waals surface area contributed by atoms with Gasteiger partial charge in [-0.25, -0.2) is 4.79 Å². The molecule has 1 aromatic heterocycles. The number of benzene rings is 2. The second-order valence-corrected chi connectivity index (χ2v) is 13.2. The number of carbonyl (C=O) groups excluding carboxylic acids is 2. The van der Waals surface area contributed by atoms with Crippen LogP contribution in [0, 0.1) is 0 Å². The molecule has 3 aromatic rings. The van der Waals surface area contributed by atoms with Gasteiger partial charge in [-0.1, -0.05) is 66.7 Å². The van der Waals surface area contributed by atoms with Gasteiger partial charge in [0.1, 0.15) is 17.0 Å². The van der Waals surface area contributed by atoms with Crippen molar-refractivity contribution in [1.29, 1.82) is 0 Å². The molecular formula is C34H43N5O3S. The van der Waals surface area contributed by atoms with Crippen molar-refractivity contribution in [3.8, 4) is 0 Å². The maximum absolute atomic E-state index is 13.3. The van der Waals surface area contributed by atoms with Crippen LogP contribution in [-0.4, -0.2) is 88.3 Å². The number of piperazine rings is 1. The summed E-state index contributed by atoms with van der Waals surface area (Å²) in [5.74, 6) is 0.375. The average molecular weight is 602 g/mol. The van der Waals surface area contributed by atoms with Crippen LogP contribution in [0.15, 0.2) is 85.2 Å². The van der Waals surface area contributed by atoms with Gasteiger partial charge >= 0.3 is 6.09 Å². The van der Waals surface area contributed by atoms with Gasteiger partial charge in [0.25, 0.3) is 0 Å². The molecule has 3 heterocycles. The summed E-state index contributed by atoms with van der Waals surface area (Å²) in [6, 6.07) is 24.9. The Labute approximate surface area is 259 Å². The Bertz CT molecular complexity index is 1270. The fourth-order valence-electron chi connectivity index (χ4n) is 5.79. The molecule has 2 atom stereocenters.